The molecule has 0 aliphatic carbocycles. The average Bonchev–Trinajstić information content (AvgIpc) is 3.20. The fraction of sp³-hybridized carbons (Fsp3) is 0.481. The molecule has 0 amide bonds. The first-order valence-electron chi connectivity index (χ1n) is 12.1. The smallest absolute Gasteiger partial charge is 0.261 e. The van der Waals surface area contributed by atoms with Crippen molar-refractivity contribution in [3.05, 3.63) is 60.7 Å². The highest BCUT2D eigenvalue weighted by atomic mass is 32.2. The lowest BCUT2D eigenvalue weighted by molar-refractivity contribution is -0.0151. The average molecular weight is 581 g/mol. The Morgan fingerprint density at radius 2 is 1.28 bits per heavy atom. The van der Waals surface area contributed by atoms with E-state index < -0.39 is 14.4 Å². The molecule has 1 aliphatic heterocycles. The van der Waals surface area contributed by atoms with Gasteiger partial charge in [-0.25, -0.2) is 0 Å². The predicted molar refractivity (Wildman–Crippen MR) is 164 cm³/mol. The van der Waals surface area contributed by atoms with Crippen LogP contribution >= 0.6 is 48.0 Å². The Balaban J connectivity index is 2.01. The highest BCUT2D eigenvalue weighted by Gasteiger charge is 2.53. The van der Waals surface area contributed by atoms with E-state index in [2.05, 4.69) is 76.2 Å². The molecule has 1 aliphatic rings. The summed E-state index contributed by atoms with van der Waals surface area (Å²) in [5.41, 5.74) is 0. The molecule has 0 aromatic heterocycles. The minimum Gasteiger partial charge on any atom is -0.468 e. The lowest BCUT2D eigenvalue weighted by Crippen LogP contribution is -2.67. The number of thiocarbonyl (C=S) groups is 2. The molecule has 9 heteroatoms. The highest BCUT2D eigenvalue weighted by Crippen LogP contribution is 2.38. The van der Waals surface area contributed by atoms with Crippen molar-refractivity contribution >= 4 is 75.4 Å². The number of benzene rings is 2. The standard InChI is InChI=1S/C27H36O4S4Si/c1-7-21-23(30-25(32)34-5)24(31-26(33)35-6)22(29-21)18-28-36(27(2,3)4,19-14-10-8-11-15-19)20-16-12-9-13-17-20/h8-17,21-24H,7,18H2,1-6H3/t21-,22+,23+,24?/m0/s1. The van der Waals surface area contributed by atoms with Crippen molar-refractivity contribution in [2.45, 2.75) is 63.6 Å². The molecule has 1 unspecified atom stereocenters. The highest BCUT2D eigenvalue weighted by molar-refractivity contribution is 8.22. The van der Waals surface area contributed by atoms with Gasteiger partial charge >= 0.3 is 0 Å². The van der Waals surface area contributed by atoms with Crippen molar-refractivity contribution in [2.75, 3.05) is 19.1 Å². The molecule has 36 heavy (non-hydrogen) atoms. The van der Waals surface area contributed by atoms with Gasteiger partial charge in [0, 0.05) is 0 Å². The molecule has 1 fully saturated rings. The zero-order valence-electron chi connectivity index (χ0n) is 21.8. The number of rotatable bonds is 8. The van der Waals surface area contributed by atoms with Gasteiger partial charge < -0.3 is 18.6 Å². The molecular formula is C27H36O4S4Si. The van der Waals surface area contributed by atoms with Gasteiger partial charge in [-0.3, -0.25) is 0 Å². The van der Waals surface area contributed by atoms with Gasteiger partial charge in [0.25, 0.3) is 8.32 Å². The van der Waals surface area contributed by atoms with Crippen LogP contribution in [0.5, 0.6) is 0 Å². The molecule has 1 saturated heterocycles. The zero-order chi connectivity index (χ0) is 26.3. The van der Waals surface area contributed by atoms with E-state index in [0.29, 0.717) is 15.4 Å². The number of hydrogen-bond donors (Lipinski definition) is 0. The van der Waals surface area contributed by atoms with Gasteiger partial charge in [0.2, 0.25) is 8.77 Å². The summed E-state index contributed by atoms with van der Waals surface area (Å²) in [5.74, 6) is 0. The summed E-state index contributed by atoms with van der Waals surface area (Å²) in [6.45, 7) is 9.24. The summed E-state index contributed by atoms with van der Waals surface area (Å²) in [6, 6.07) is 21.2. The third-order valence-electron chi connectivity index (χ3n) is 6.49. The predicted octanol–water partition coefficient (Wildman–Crippen LogP) is 5.81. The van der Waals surface area contributed by atoms with E-state index in [1.165, 1.54) is 33.9 Å². The second kappa shape index (κ2) is 13.2. The Hall–Kier alpha value is -0.943. The van der Waals surface area contributed by atoms with Crippen LogP contribution in [0.25, 0.3) is 0 Å². The van der Waals surface area contributed by atoms with Crippen molar-refractivity contribution < 1.29 is 18.6 Å². The van der Waals surface area contributed by atoms with Crippen molar-refractivity contribution in [2.24, 2.45) is 0 Å². The van der Waals surface area contributed by atoms with Crippen LogP contribution in [0.2, 0.25) is 5.04 Å². The fourth-order valence-corrected chi connectivity index (χ4v) is 10.0. The Labute approximate surface area is 236 Å². The maximum Gasteiger partial charge on any atom is 0.261 e. The Morgan fingerprint density at radius 1 is 0.833 bits per heavy atom. The molecule has 4 nitrogen and oxygen atoms in total. The first kappa shape index (κ1) is 29.6. The van der Waals surface area contributed by atoms with E-state index in [-0.39, 0.29) is 23.4 Å². The quantitative estimate of drug-likeness (QED) is 0.286. The molecule has 3 rings (SSSR count). The fourth-order valence-electron chi connectivity index (χ4n) is 4.84. The monoisotopic (exact) mass is 580 g/mol. The van der Waals surface area contributed by atoms with Crippen LogP contribution < -0.4 is 10.4 Å². The van der Waals surface area contributed by atoms with E-state index in [1.807, 2.05) is 24.6 Å². The molecule has 4 atom stereocenters. The summed E-state index contributed by atoms with van der Waals surface area (Å²) in [7, 11) is -2.73. The number of thioether (sulfide) groups is 2. The molecule has 0 N–H and O–H groups in total. The van der Waals surface area contributed by atoms with E-state index >= 15 is 0 Å². The van der Waals surface area contributed by atoms with Crippen LogP contribution in [-0.2, 0) is 18.6 Å². The van der Waals surface area contributed by atoms with Crippen LogP contribution in [0.3, 0.4) is 0 Å². The largest absolute Gasteiger partial charge is 0.468 e. The Morgan fingerprint density at radius 3 is 1.67 bits per heavy atom. The van der Waals surface area contributed by atoms with Gasteiger partial charge in [0.05, 0.1) is 12.7 Å². The van der Waals surface area contributed by atoms with Gasteiger partial charge in [-0.15, -0.1) is 0 Å². The number of ether oxygens (including phenoxy) is 3. The SMILES string of the molecule is CC[C@@H]1O[C@H](CO[Si](c2ccccc2)(c2ccccc2)C(C)(C)C)C(OC(=S)SC)[C@@H]1OC(=S)SC. The van der Waals surface area contributed by atoms with Gasteiger partial charge in [-0.2, -0.15) is 0 Å². The second-order valence-electron chi connectivity index (χ2n) is 9.67. The van der Waals surface area contributed by atoms with Crippen LogP contribution in [0.1, 0.15) is 34.1 Å². The van der Waals surface area contributed by atoms with E-state index in [1.54, 1.807) is 0 Å². The Kier molecular flexibility index (Phi) is 10.9. The van der Waals surface area contributed by atoms with Gasteiger partial charge in [-0.05, 0) is 58.8 Å². The molecule has 2 aromatic carbocycles. The summed E-state index contributed by atoms with van der Waals surface area (Å²) < 4.78 is 27.0. The minimum atomic E-state index is -2.73. The third-order valence-corrected chi connectivity index (χ3v) is 13.5. The first-order chi connectivity index (χ1) is 17.2. The third kappa shape index (κ3) is 6.54. The normalized spacial score (nSPS) is 22.3. The first-order valence-corrected chi connectivity index (χ1v) is 17.2. The lowest BCUT2D eigenvalue weighted by atomic mass is 10.1. The maximum absolute atomic E-state index is 7.16. The van der Waals surface area contributed by atoms with Crippen molar-refractivity contribution in [3.63, 3.8) is 0 Å². The van der Waals surface area contributed by atoms with E-state index in [9.17, 15) is 0 Å². The van der Waals surface area contributed by atoms with Crippen LogP contribution in [-0.4, -0.2) is 60.6 Å². The van der Waals surface area contributed by atoms with Gasteiger partial charge in [0.15, 0.2) is 12.2 Å². The van der Waals surface area contributed by atoms with Crippen LogP contribution in [0.15, 0.2) is 60.7 Å². The number of hydrogen-bond acceptors (Lipinski definition) is 8. The Bertz CT molecular complexity index is 960. The van der Waals surface area contributed by atoms with Crippen molar-refractivity contribution in [1.82, 2.24) is 0 Å². The molecule has 2 aromatic rings. The van der Waals surface area contributed by atoms with Crippen LogP contribution in [0, 0.1) is 0 Å². The van der Waals surface area contributed by atoms with Crippen molar-refractivity contribution in [3.8, 4) is 0 Å². The van der Waals surface area contributed by atoms with E-state index in [0.717, 1.165) is 6.42 Å². The van der Waals surface area contributed by atoms with Crippen molar-refractivity contribution in [1.29, 1.82) is 0 Å². The molecule has 0 saturated carbocycles. The summed E-state index contributed by atoms with van der Waals surface area (Å²) >= 11 is 13.6. The molecule has 1 heterocycles. The molecule has 0 radical (unpaired) electrons. The summed E-state index contributed by atoms with van der Waals surface area (Å²) in [5, 5.41) is 2.31. The molecule has 0 spiro atoms. The topological polar surface area (TPSA) is 36.9 Å². The molecule has 0 bridgehead atoms. The van der Waals surface area contributed by atoms with Gasteiger partial charge in [0.1, 0.15) is 6.10 Å². The van der Waals surface area contributed by atoms with E-state index in [4.69, 9.17) is 43.1 Å². The summed E-state index contributed by atoms with van der Waals surface area (Å²) in [4.78, 5) is 0. The maximum atomic E-state index is 7.16. The summed E-state index contributed by atoms with van der Waals surface area (Å²) in [6.07, 6.45) is 3.29. The zero-order valence-corrected chi connectivity index (χ0v) is 26.0. The van der Waals surface area contributed by atoms with Gasteiger partial charge in [-0.1, -0.05) is 112 Å². The molecular weight excluding hydrogens is 545 g/mol. The van der Waals surface area contributed by atoms with Crippen LogP contribution in [0.4, 0.5) is 0 Å². The minimum absolute atomic E-state index is 0.139. The second-order valence-corrected chi connectivity index (χ2v) is 16.8. The molecule has 196 valence electrons. The lowest BCUT2D eigenvalue weighted by Gasteiger charge is -2.43.